The van der Waals surface area contributed by atoms with Gasteiger partial charge in [-0.15, -0.1) is 0 Å². The molecule has 1 heterocycles. The number of alkyl halides is 2. The minimum absolute atomic E-state index is 0.0703. The van der Waals surface area contributed by atoms with Gasteiger partial charge in [0.25, 0.3) is 0 Å². The van der Waals surface area contributed by atoms with Crippen LogP contribution in [0.5, 0.6) is 5.75 Å². The van der Waals surface area contributed by atoms with Crippen molar-refractivity contribution in [3.8, 4) is 5.75 Å². The lowest BCUT2D eigenvalue weighted by molar-refractivity contribution is -0.131. The van der Waals surface area contributed by atoms with Gasteiger partial charge in [0.05, 0.1) is 11.5 Å². The minimum Gasteiger partial charge on any atom is -0.434 e. The van der Waals surface area contributed by atoms with Gasteiger partial charge in [0.2, 0.25) is 5.91 Å². The van der Waals surface area contributed by atoms with E-state index >= 15 is 0 Å². The second-order valence-electron chi connectivity index (χ2n) is 5.95. The zero-order valence-electron chi connectivity index (χ0n) is 12.9. The fraction of sp³-hybridized carbons (Fsp3) is 0.562. The summed E-state index contributed by atoms with van der Waals surface area (Å²) in [5.74, 6) is 0.0243. The predicted octanol–water partition coefficient (Wildman–Crippen LogP) is 2.85. The maximum Gasteiger partial charge on any atom is 0.387 e. The van der Waals surface area contributed by atoms with Gasteiger partial charge in [-0.25, -0.2) is 0 Å². The molecule has 1 aromatic rings. The third kappa shape index (κ3) is 3.94. The van der Waals surface area contributed by atoms with E-state index in [1.165, 1.54) is 6.07 Å². The summed E-state index contributed by atoms with van der Waals surface area (Å²) in [5, 5.41) is 6.14. The van der Waals surface area contributed by atoms with E-state index in [4.69, 9.17) is 0 Å². The lowest BCUT2D eigenvalue weighted by atomic mass is 9.81. The Kier molecular flexibility index (Phi) is 5.34. The largest absolute Gasteiger partial charge is 0.434 e. The van der Waals surface area contributed by atoms with E-state index in [1.54, 1.807) is 25.1 Å². The summed E-state index contributed by atoms with van der Waals surface area (Å²) in [4.78, 5) is 12.5. The van der Waals surface area contributed by atoms with Crippen LogP contribution in [0.3, 0.4) is 0 Å². The molecule has 1 saturated heterocycles. The van der Waals surface area contributed by atoms with Crippen molar-refractivity contribution >= 4 is 5.91 Å². The number of amides is 1. The first-order chi connectivity index (χ1) is 10.4. The van der Waals surface area contributed by atoms with Crippen LogP contribution >= 0.6 is 0 Å². The number of benzene rings is 1. The van der Waals surface area contributed by atoms with Gasteiger partial charge in [-0.1, -0.05) is 18.2 Å². The van der Waals surface area contributed by atoms with E-state index in [1.807, 2.05) is 6.92 Å². The highest BCUT2D eigenvalue weighted by Crippen LogP contribution is 2.30. The molecule has 2 N–H and O–H groups in total. The van der Waals surface area contributed by atoms with E-state index in [0.717, 1.165) is 19.4 Å². The lowest BCUT2D eigenvalue weighted by Crippen LogP contribution is -2.49. The van der Waals surface area contributed by atoms with Crippen molar-refractivity contribution in [1.29, 1.82) is 0 Å². The average molecular weight is 312 g/mol. The van der Waals surface area contributed by atoms with E-state index in [9.17, 15) is 13.6 Å². The Bertz CT molecular complexity index is 517. The number of rotatable bonds is 5. The van der Waals surface area contributed by atoms with Crippen LogP contribution in [0.25, 0.3) is 0 Å². The Balaban J connectivity index is 2.08. The zero-order valence-corrected chi connectivity index (χ0v) is 12.9. The van der Waals surface area contributed by atoms with Crippen LogP contribution in [-0.4, -0.2) is 25.6 Å². The number of halogens is 2. The summed E-state index contributed by atoms with van der Waals surface area (Å²) >= 11 is 0. The van der Waals surface area contributed by atoms with Gasteiger partial charge in [0.1, 0.15) is 5.75 Å². The highest BCUT2D eigenvalue weighted by Gasteiger charge is 2.35. The van der Waals surface area contributed by atoms with Gasteiger partial charge in [0, 0.05) is 12.1 Å². The summed E-state index contributed by atoms with van der Waals surface area (Å²) in [6, 6.07) is 6.13. The highest BCUT2D eigenvalue weighted by atomic mass is 19.3. The summed E-state index contributed by atoms with van der Waals surface area (Å²) in [6.45, 7) is 2.35. The molecule has 22 heavy (non-hydrogen) atoms. The SMILES string of the molecule is CC(NC(=O)C1(C)CCCNC1)c1ccccc1OC(F)F. The van der Waals surface area contributed by atoms with E-state index in [0.29, 0.717) is 12.1 Å². The molecular formula is C16H22F2N2O2. The number of hydrogen-bond acceptors (Lipinski definition) is 3. The molecule has 0 aromatic heterocycles. The minimum atomic E-state index is -2.89. The molecule has 2 rings (SSSR count). The highest BCUT2D eigenvalue weighted by molar-refractivity contribution is 5.83. The number of carbonyl (C=O) groups excluding carboxylic acids is 1. The first kappa shape index (κ1) is 16.7. The third-order valence-electron chi connectivity index (χ3n) is 4.09. The smallest absolute Gasteiger partial charge is 0.387 e. The van der Waals surface area contributed by atoms with Gasteiger partial charge in [-0.05, 0) is 39.3 Å². The van der Waals surface area contributed by atoms with Crippen molar-refractivity contribution in [2.75, 3.05) is 13.1 Å². The topological polar surface area (TPSA) is 50.4 Å². The molecule has 1 aliphatic heterocycles. The molecule has 6 heteroatoms. The number of hydrogen-bond donors (Lipinski definition) is 2. The van der Waals surface area contributed by atoms with Crippen LogP contribution in [-0.2, 0) is 4.79 Å². The van der Waals surface area contributed by atoms with Gasteiger partial charge >= 0.3 is 6.61 Å². The fourth-order valence-electron chi connectivity index (χ4n) is 2.74. The lowest BCUT2D eigenvalue weighted by Gasteiger charge is -2.34. The first-order valence-electron chi connectivity index (χ1n) is 7.48. The number of nitrogens with one attached hydrogen (secondary N) is 2. The van der Waals surface area contributed by atoms with Crippen molar-refractivity contribution < 1.29 is 18.3 Å². The van der Waals surface area contributed by atoms with Crippen LogP contribution in [0, 0.1) is 5.41 Å². The number of piperidine rings is 1. The van der Waals surface area contributed by atoms with Crippen LogP contribution in [0.15, 0.2) is 24.3 Å². The number of ether oxygens (including phenoxy) is 1. The fourth-order valence-corrected chi connectivity index (χ4v) is 2.74. The Morgan fingerprint density at radius 2 is 2.14 bits per heavy atom. The van der Waals surface area contributed by atoms with Gasteiger partial charge in [-0.3, -0.25) is 4.79 Å². The predicted molar refractivity (Wildman–Crippen MR) is 79.8 cm³/mol. The molecule has 0 saturated carbocycles. The molecule has 1 aromatic carbocycles. The summed E-state index contributed by atoms with van der Waals surface area (Å²) in [7, 11) is 0. The molecule has 1 amide bonds. The van der Waals surface area contributed by atoms with E-state index < -0.39 is 18.1 Å². The molecule has 0 bridgehead atoms. The Morgan fingerprint density at radius 3 is 2.77 bits per heavy atom. The zero-order chi connectivity index (χ0) is 16.2. The molecule has 4 nitrogen and oxygen atoms in total. The van der Waals surface area contributed by atoms with E-state index in [-0.39, 0.29) is 11.7 Å². The monoisotopic (exact) mass is 312 g/mol. The van der Waals surface area contributed by atoms with Crippen LogP contribution in [0.1, 0.15) is 38.3 Å². The molecule has 1 aliphatic rings. The Labute approximate surface area is 129 Å². The summed E-state index contributed by atoms with van der Waals surface area (Å²) in [6.07, 6.45) is 1.76. The maximum atomic E-state index is 12.5. The molecule has 122 valence electrons. The van der Waals surface area contributed by atoms with Crippen molar-refractivity contribution in [2.24, 2.45) is 5.41 Å². The quantitative estimate of drug-likeness (QED) is 0.879. The Hall–Kier alpha value is -1.69. The second kappa shape index (κ2) is 7.05. The standard InChI is InChI=1S/C16H22F2N2O2/c1-11(12-6-3-4-7-13(12)22-15(17)18)20-14(21)16(2)8-5-9-19-10-16/h3-4,6-7,11,15,19H,5,8-10H2,1-2H3,(H,20,21). The average Bonchev–Trinajstić information content (AvgIpc) is 2.47. The second-order valence-corrected chi connectivity index (χ2v) is 5.95. The molecule has 0 aliphatic carbocycles. The van der Waals surface area contributed by atoms with Gasteiger partial charge in [0.15, 0.2) is 0 Å². The molecule has 1 fully saturated rings. The number of para-hydroxylation sites is 1. The molecular weight excluding hydrogens is 290 g/mol. The van der Waals surface area contributed by atoms with Gasteiger partial charge < -0.3 is 15.4 Å². The Morgan fingerprint density at radius 1 is 1.41 bits per heavy atom. The summed E-state index contributed by atoms with van der Waals surface area (Å²) < 4.78 is 29.4. The van der Waals surface area contributed by atoms with Crippen molar-refractivity contribution in [1.82, 2.24) is 10.6 Å². The first-order valence-corrected chi connectivity index (χ1v) is 7.48. The van der Waals surface area contributed by atoms with Crippen LogP contribution < -0.4 is 15.4 Å². The van der Waals surface area contributed by atoms with Crippen molar-refractivity contribution in [2.45, 2.75) is 39.3 Å². The van der Waals surface area contributed by atoms with E-state index in [2.05, 4.69) is 15.4 Å². The molecule has 2 unspecified atom stereocenters. The molecule has 0 spiro atoms. The van der Waals surface area contributed by atoms with Crippen molar-refractivity contribution in [3.05, 3.63) is 29.8 Å². The number of carbonyl (C=O) groups is 1. The van der Waals surface area contributed by atoms with Gasteiger partial charge in [-0.2, -0.15) is 8.78 Å². The van der Waals surface area contributed by atoms with Crippen LogP contribution in [0.2, 0.25) is 0 Å². The maximum absolute atomic E-state index is 12.5. The van der Waals surface area contributed by atoms with Crippen LogP contribution in [0.4, 0.5) is 8.78 Å². The molecule has 2 atom stereocenters. The third-order valence-corrected chi connectivity index (χ3v) is 4.09. The molecule has 0 radical (unpaired) electrons. The summed E-state index contributed by atoms with van der Waals surface area (Å²) in [5.41, 5.74) is 0.0777. The van der Waals surface area contributed by atoms with Crippen molar-refractivity contribution in [3.63, 3.8) is 0 Å². The normalized spacial score (nSPS) is 23.1.